The van der Waals surface area contributed by atoms with E-state index in [0.29, 0.717) is 23.7 Å². The van der Waals surface area contributed by atoms with Gasteiger partial charge in [-0.2, -0.15) is 10.4 Å². The van der Waals surface area contributed by atoms with E-state index >= 15 is 0 Å². The summed E-state index contributed by atoms with van der Waals surface area (Å²) in [6.07, 6.45) is 6.10. The number of rotatable bonds is 12. The molecule has 5 rings (SSSR count). The van der Waals surface area contributed by atoms with Crippen molar-refractivity contribution in [3.63, 3.8) is 0 Å². The molecule has 2 aromatic carbocycles. The Bertz CT molecular complexity index is 1520. The number of piperidine rings is 2. The van der Waals surface area contributed by atoms with E-state index in [0.717, 1.165) is 93.3 Å². The van der Waals surface area contributed by atoms with Crippen molar-refractivity contribution in [2.24, 2.45) is 18.7 Å². The van der Waals surface area contributed by atoms with Gasteiger partial charge in [0.25, 0.3) is 0 Å². The average Bonchev–Trinajstić information content (AvgIpc) is 3.38. The van der Waals surface area contributed by atoms with Gasteiger partial charge in [-0.3, -0.25) is 19.2 Å². The number of nitrogens with one attached hydrogen (secondary N) is 1. The van der Waals surface area contributed by atoms with Gasteiger partial charge in [-0.15, -0.1) is 0 Å². The van der Waals surface area contributed by atoms with Gasteiger partial charge in [0, 0.05) is 63.0 Å². The molecule has 0 bridgehead atoms. The molecule has 1 unspecified atom stereocenters. The summed E-state index contributed by atoms with van der Waals surface area (Å²) in [6.45, 7) is 7.68. The number of aromatic nitrogens is 2. The Hall–Kier alpha value is -3.43. The van der Waals surface area contributed by atoms with E-state index in [2.05, 4.69) is 62.9 Å². The van der Waals surface area contributed by atoms with Crippen molar-refractivity contribution in [2.75, 3.05) is 51.2 Å². The fraction of sp³-hybridized carbons (Fsp3) is 0.529. The number of likely N-dealkylation sites (tertiary alicyclic amines) is 1. The second kappa shape index (κ2) is 15.2. The molecule has 2 saturated heterocycles. The van der Waals surface area contributed by atoms with Crippen LogP contribution in [0.3, 0.4) is 0 Å². The molecule has 2 fully saturated rings. The molecule has 10 nitrogen and oxygen atoms in total. The highest BCUT2D eigenvalue weighted by atomic mass is 32.2. The summed E-state index contributed by atoms with van der Waals surface area (Å²) in [6, 6.07) is 15.5. The molecule has 240 valence electrons. The first-order chi connectivity index (χ1) is 21.8. The van der Waals surface area contributed by atoms with Crippen molar-refractivity contribution < 1.29 is 9.59 Å². The maximum atomic E-state index is 11.8. The van der Waals surface area contributed by atoms with Gasteiger partial charge in [-0.05, 0) is 110 Å². The number of nitrogens with zero attached hydrogens (tertiary/aromatic N) is 6. The molecule has 1 aromatic heterocycles. The lowest BCUT2D eigenvalue weighted by Crippen LogP contribution is -2.36. The lowest BCUT2D eigenvalue weighted by molar-refractivity contribution is -0.120. The third-order valence-electron chi connectivity index (χ3n) is 9.24. The predicted molar refractivity (Wildman–Crippen MR) is 180 cm³/mol. The second-order valence-electron chi connectivity index (χ2n) is 12.6. The highest BCUT2D eigenvalue weighted by Gasteiger charge is 2.24. The van der Waals surface area contributed by atoms with Crippen LogP contribution in [-0.4, -0.2) is 83.7 Å². The maximum absolute atomic E-state index is 11.8. The third-order valence-corrected chi connectivity index (χ3v) is 10.3. The molecule has 3 N–H and O–H groups in total. The van der Waals surface area contributed by atoms with Crippen molar-refractivity contribution in [1.82, 2.24) is 24.3 Å². The summed E-state index contributed by atoms with van der Waals surface area (Å²) < 4.78 is 4.22. The fourth-order valence-corrected chi connectivity index (χ4v) is 7.64. The summed E-state index contributed by atoms with van der Waals surface area (Å²) in [5, 5.41) is 17.9. The number of benzene rings is 2. The maximum Gasteiger partial charge on any atom is 0.221 e. The Kier molecular flexibility index (Phi) is 11.2. The lowest BCUT2D eigenvalue weighted by atomic mass is 9.88. The van der Waals surface area contributed by atoms with Gasteiger partial charge in [0.1, 0.15) is 0 Å². The van der Waals surface area contributed by atoms with Gasteiger partial charge in [-0.1, -0.05) is 13.0 Å². The van der Waals surface area contributed by atoms with Crippen LogP contribution in [0.15, 0.2) is 41.3 Å². The number of amides is 2. The predicted octanol–water partition coefficient (Wildman–Crippen LogP) is 4.03. The number of hydrogen-bond acceptors (Lipinski definition) is 8. The zero-order chi connectivity index (χ0) is 31.9. The summed E-state index contributed by atoms with van der Waals surface area (Å²) in [7, 11) is 3.49. The van der Waals surface area contributed by atoms with Crippen molar-refractivity contribution in [3.8, 4) is 6.07 Å². The lowest BCUT2D eigenvalue weighted by Gasteiger charge is -2.34. The van der Waals surface area contributed by atoms with E-state index in [9.17, 15) is 14.9 Å². The SMILES string of the molecule is CNC(=O)CCN(C=O)c1nn(C)c2cc(C3CCN(CC(C)Cc4cc(SN5CCC(N)CC5)ccc4C#N)CC3)ccc12. The standard InChI is InChI=1S/C34H46N8O2S/c1-24(18-28-19-30(6-4-27(28)21-35)45-42-16-10-29(36)11-17-42)22-40-13-8-25(9-14-40)26-5-7-31-32(20-26)39(3)38-34(31)41(23-43)15-12-33(44)37-2/h4-7,19-20,23-25,29H,8-18,22,36H2,1-3H3,(H,37,44). The molecule has 2 amide bonds. The van der Waals surface area contributed by atoms with Crippen molar-refractivity contribution in [2.45, 2.75) is 62.3 Å². The summed E-state index contributed by atoms with van der Waals surface area (Å²) in [4.78, 5) is 28.8. The zero-order valence-corrected chi connectivity index (χ0v) is 27.6. The first-order valence-corrected chi connectivity index (χ1v) is 16.9. The summed E-state index contributed by atoms with van der Waals surface area (Å²) in [5.74, 6) is 1.38. The average molecular weight is 631 g/mol. The monoisotopic (exact) mass is 630 g/mol. The molecule has 45 heavy (non-hydrogen) atoms. The fourth-order valence-electron chi connectivity index (χ4n) is 6.63. The Labute approximate surface area is 271 Å². The van der Waals surface area contributed by atoms with Crippen LogP contribution in [0.25, 0.3) is 10.9 Å². The first-order valence-electron chi connectivity index (χ1n) is 16.1. The normalized spacial score (nSPS) is 17.7. The number of anilines is 1. The number of carbonyl (C=O) groups excluding carboxylic acids is 2. The molecule has 1 atom stereocenters. The number of carbonyl (C=O) groups is 2. The second-order valence-corrected chi connectivity index (χ2v) is 13.8. The highest BCUT2D eigenvalue weighted by molar-refractivity contribution is 7.97. The van der Waals surface area contributed by atoms with E-state index in [1.807, 2.05) is 17.8 Å². The Morgan fingerprint density at radius 2 is 1.93 bits per heavy atom. The molecule has 2 aliphatic rings. The molecule has 3 aromatic rings. The van der Waals surface area contributed by atoms with Crippen LogP contribution in [0.1, 0.15) is 61.6 Å². The van der Waals surface area contributed by atoms with Crippen LogP contribution >= 0.6 is 11.9 Å². The van der Waals surface area contributed by atoms with Crippen molar-refractivity contribution in [1.29, 1.82) is 5.26 Å². The summed E-state index contributed by atoms with van der Waals surface area (Å²) >= 11 is 1.79. The van der Waals surface area contributed by atoms with E-state index in [1.54, 1.807) is 19.0 Å². The number of aryl methyl sites for hydroxylation is 1. The Morgan fingerprint density at radius 3 is 2.62 bits per heavy atom. The van der Waals surface area contributed by atoms with Gasteiger partial charge < -0.3 is 16.0 Å². The smallest absolute Gasteiger partial charge is 0.221 e. The number of nitriles is 1. The van der Waals surface area contributed by atoms with Crippen LogP contribution in [0.2, 0.25) is 0 Å². The van der Waals surface area contributed by atoms with E-state index < -0.39 is 0 Å². The largest absolute Gasteiger partial charge is 0.359 e. The quantitative estimate of drug-likeness (QED) is 0.227. The minimum absolute atomic E-state index is 0.111. The zero-order valence-electron chi connectivity index (χ0n) is 26.7. The topological polar surface area (TPSA) is 124 Å². The minimum atomic E-state index is -0.111. The molecule has 3 heterocycles. The van der Waals surface area contributed by atoms with Crippen LogP contribution in [0.4, 0.5) is 5.82 Å². The number of nitrogens with two attached hydrogens (primary N) is 1. The number of fused-ring (bicyclic) bond motifs is 1. The van der Waals surface area contributed by atoms with Gasteiger partial charge in [-0.25, -0.2) is 4.31 Å². The molecule has 0 spiro atoms. The summed E-state index contributed by atoms with van der Waals surface area (Å²) in [5.41, 5.74) is 10.3. The van der Waals surface area contributed by atoms with Crippen LogP contribution in [0, 0.1) is 17.2 Å². The molecule has 0 saturated carbocycles. The molecular formula is C34H46N8O2S. The third kappa shape index (κ3) is 8.24. The van der Waals surface area contributed by atoms with E-state index in [-0.39, 0.29) is 18.9 Å². The van der Waals surface area contributed by atoms with Crippen LogP contribution in [0.5, 0.6) is 0 Å². The van der Waals surface area contributed by atoms with Gasteiger partial charge >= 0.3 is 0 Å². The van der Waals surface area contributed by atoms with Crippen molar-refractivity contribution >= 4 is 41.0 Å². The Morgan fingerprint density at radius 1 is 1.18 bits per heavy atom. The number of hydrogen-bond donors (Lipinski definition) is 2. The van der Waals surface area contributed by atoms with Crippen LogP contribution in [-0.2, 0) is 23.1 Å². The van der Waals surface area contributed by atoms with Gasteiger partial charge in [0.2, 0.25) is 12.3 Å². The van der Waals surface area contributed by atoms with Gasteiger partial charge in [0.05, 0.1) is 17.1 Å². The molecular weight excluding hydrogens is 584 g/mol. The van der Waals surface area contributed by atoms with Gasteiger partial charge in [0.15, 0.2) is 5.82 Å². The first kappa shape index (κ1) is 32.9. The molecule has 2 aliphatic heterocycles. The van der Waals surface area contributed by atoms with E-state index in [4.69, 9.17) is 5.73 Å². The minimum Gasteiger partial charge on any atom is -0.359 e. The highest BCUT2D eigenvalue weighted by Crippen LogP contribution is 2.34. The van der Waals surface area contributed by atoms with E-state index in [1.165, 1.54) is 15.4 Å². The van der Waals surface area contributed by atoms with Crippen molar-refractivity contribution in [3.05, 3.63) is 53.1 Å². The van der Waals surface area contributed by atoms with Crippen LogP contribution < -0.4 is 16.0 Å². The molecule has 0 radical (unpaired) electrons. The molecule has 11 heteroatoms. The Balaban J connectivity index is 1.16. The molecule has 0 aliphatic carbocycles.